The van der Waals surface area contributed by atoms with Gasteiger partial charge in [-0.25, -0.2) is 13.1 Å². The van der Waals surface area contributed by atoms with Crippen molar-refractivity contribution in [3.63, 3.8) is 0 Å². The van der Waals surface area contributed by atoms with E-state index in [1.54, 1.807) is 36.4 Å². The van der Waals surface area contributed by atoms with Gasteiger partial charge in [-0.1, -0.05) is 35.9 Å². The highest BCUT2D eigenvalue weighted by Crippen LogP contribution is 2.30. The summed E-state index contributed by atoms with van der Waals surface area (Å²) in [6.07, 6.45) is 0.0171. The summed E-state index contributed by atoms with van der Waals surface area (Å²) in [5, 5.41) is 4.77. The summed E-state index contributed by atoms with van der Waals surface area (Å²) in [5.74, 6) is -0.285. The topological polar surface area (TPSA) is 88.4 Å². The fourth-order valence-electron chi connectivity index (χ4n) is 3.13. The van der Waals surface area contributed by atoms with Crippen LogP contribution in [0.5, 0.6) is 0 Å². The smallest absolute Gasteiger partial charge is 0.240 e. The van der Waals surface area contributed by atoms with Crippen molar-refractivity contribution in [1.29, 1.82) is 0 Å². The van der Waals surface area contributed by atoms with E-state index >= 15 is 0 Å². The molecular weight excluding hydrogens is 388 g/mol. The Labute approximate surface area is 168 Å². The first-order chi connectivity index (χ1) is 13.9. The molecule has 0 aliphatic heterocycles. The largest absolute Gasteiger partial charge is 0.456 e. The highest BCUT2D eigenvalue weighted by Gasteiger charge is 2.14. The van der Waals surface area contributed by atoms with Gasteiger partial charge in [-0.3, -0.25) is 4.79 Å². The van der Waals surface area contributed by atoms with Crippen molar-refractivity contribution in [2.75, 3.05) is 11.9 Å². The van der Waals surface area contributed by atoms with E-state index in [-0.39, 0.29) is 23.8 Å². The molecule has 6 nitrogen and oxygen atoms in total. The number of rotatable bonds is 6. The monoisotopic (exact) mass is 408 g/mol. The van der Waals surface area contributed by atoms with Crippen molar-refractivity contribution in [1.82, 2.24) is 4.72 Å². The first kappa shape index (κ1) is 19.2. The number of benzene rings is 3. The van der Waals surface area contributed by atoms with Gasteiger partial charge in [0, 0.05) is 35.5 Å². The molecule has 0 aliphatic carbocycles. The molecule has 0 fully saturated rings. The predicted octanol–water partition coefficient (Wildman–Crippen LogP) is 4.20. The summed E-state index contributed by atoms with van der Waals surface area (Å²) >= 11 is 0. The van der Waals surface area contributed by atoms with E-state index in [0.29, 0.717) is 11.3 Å². The molecule has 0 unspecified atom stereocenters. The summed E-state index contributed by atoms with van der Waals surface area (Å²) in [4.78, 5) is 12.4. The van der Waals surface area contributed by atoms with Crippen LogP contribution in [-0.2, 0) is 14.8 Å². The standard InChI is InChI=1S/C22H20N2O4S/c1-15-6-9-17(10-7-15)29(26,27)23-13-12-22(25)24-16-8-11-19-18-4-2-3-5-20(18)28-21(19)14-16/h2-11,14,23H,12-13H2,1H3,(H,24,25). The van der Waals surface area contributed by atoms with Crippen molar-refractivity contribution in [3.05, 3.63) is 72.3 Å². The number of carbonyl (C=O) groups is 1. The zero-order valence-electron chi connectivity index (χ0n) is 15.8. The Morgan fingerprint density at radius 2 is 1.66 bits per heavy atom. The first-order valence-electron chi connectivity index (χ1n) is 9.20. The molecule has 1 heterocycles. The van der Waals surface area contributed by atoms with Gasteiger partial charge in [-0.2, -0.15) is 0 Å². The van der Waals surface area contributed by atoms with Crippen LogP contribution in [0.4, 0.5) is 5.69 Å². The number of anilines is 1. The summed E-state index contributed by atoms with van der Waals surface area (Å²) in [5.41, 5.74) is 3.05. The van der Waals surface area contributed by atoms with E-state index in [0.717, 1.165) is 21.9 Å². The molecule has 0 aliphatic rings. The summed E-state index contributed by atoms with van der Waals surface area (Å²) in [6.45, 7) is 1.89. The van der Waals surface area contributed by atoms with Gasteiger partial charge in [-0.15, -0.1) is 0 Å². The molecule has 7 heteroatoms. The Morgan fingerprint density at radius 1 is 0.931 bits per heavy atom. The van der Waals surface area contributed by atoms with E-state index in [1.165, 1.54) is 0 Å². The average Bonchev–Trinajstić information content (AvgIpc) is 3.06. The van der Waals surface area contributed by atoms with Crippen LogP contribution in [0.3, 0.4) is 0 Å². The van der Waals surface area contributed by atoms with Crippen LogP contribution in [-0.4, -0.2) is 20.9 Å². The SMILES string of the molecule is Cc1ccc(S(=O)(=O)NCCC(=O)Nc2ccc3c(c2)oc2ccccc23)cc1. The summed E-state index contributed by atoms with van der Waals surface area (Å²) < 4.78 is 32.8. The number of hydrogen-bond acceptors (Lipinski definition) is 4. The number of hydrogen-bond donors (Lipinski definition) is 2. The van der Waals surface area contributed by atoms with Gasteiger partial charge in [0.2, 0.25) is 15.9 Å². The number of furan rings is 1. The molecule has 0 atom stereocenters. The lowest BCUT2D eigenvalue weighted by molar-refractivity contribution is -0.116. The molecule has 0 radical (unpaired) electrons. The van der Waals surface area contributed by atoms with Crippen molar-refractivity contribution in [2.45, 2.75) is 18.2 Å². The third-order valence-electron chi connectivity index (χ3n) is 4.64. The van der Waals surface area contributed by atoms with Gasteiger partial charge in [0.25, 0.3) is 0 Å². The Hall–Kier alpha value is -3.16. The molecule has 0 spiro atoms. The zero-order valence-corrected chi connectivity index (χ0v) is 16.6. The minimum absolute atomic E-state index is 0.00885. The number of amides is 1. The third kappa shape index (κ3) is 4.16. The quantitative estimate of drug-likeness (QED) is 0.500. The van der Waals surface area contributed by atoms with Crippen molar-refractivity contribution in [2.24, 2.45) is 0 Å². The van der Waals surface area contributed by atoms with Gasteiger partial charge >= 0.3 is 0 Å². The second-order valence-electron chi connectivity index (χ2n) is 6.82. The Morgan fingerprint density at radius 3 is 2.45 bits per heavy atom. The fourth-order valence-corrected chi connectivity index (χ4v) is 4.16. The van der Waals surface area contributed by atoms with Gasteiger partial charge < -0.3 is 9.73 Å². The fraction of sp³-hybridized carbons (Fsp3) is 0.136. The normalized spacial score (nSPS) is 11.8. The molecule has 0 saturated carbocycles. The van der Waals surface area contributed by atoms with Crippen LogP contribution < -0.4 is 10.0 Å². The van der Waals surface area contributed by atoms with E-state index in [4.69, 9.17) is 4.42 Å². The Kier molecular flexibility index (Phi) is 5.08. The number of nitrogens with one attached hydrogen (secondary N) is 2. The average molecular weight is 408 g/mol. The predicted molar refractivity (Wildman–Crippen MR) is 113 cm³/mol. The molecule has 4 aromatic rings. The first-order valence-corrected chi connectivity index (χ1v) is 10.7. The van der Waals surface area contributed by atoms with Crippen LogP contribution >= 0.6 is 0 Å². The molecule has 2 N–H and O–H groups in total. The number of sulfonamides is 1. The van der Waals surface area contributed by atoms with Gasteiger partial charge in [0.1, 0.15) is 11.2 Å². The Bertz CT molecular complexity index is 1290. The van der Waals surface area contributed by atoms with Crippen LogP contribution in [0.15, 0.2) is 76.0 Å². The lowest BCUT2D eigenvalue weighted by Crippen LogP contribution is -2.27. The Balaban J connectivity index is 1.38. The van der Waals surface area contributed by atoms with Gasteiger partial charge in [-0.05, 0) is 37.3 Å². The number of fused-ring (bicyclic) bond motifs is 3. The van der Waals surface area contributed by atoms with Crippen LogP contribution in [0.25, 0.3) is 21.9 Å². The molecular formula is C22H20N2O4S. The van der Waals surface area contributed by atoms with Crippen LogP contribution in [0.1, 0.15) is 12.0 Å². The number of para-hydroxylation sites is 1. The third-order valence-corrected chi connectivity index (χ3v) is 6.11. The van der Waals surface area contributed by atoms with Crippen molar-refractivity contribution >= 4 is 43.6 Å². The lowest BCUT2D eigenvalue weighted by atomic mass is 10.1. The maximum absolute atomic E-state index is 12.3. The minimum Gasteiger partial charge on any atom is -0.456 e. The molecule has 148 valence electrons. The van der Waals surface area contributed by atoms with E-state index in [1.807, 2.05) is 37.3 Å². The molecule has 0 saturated heterocycles. The number of aryl methyl sites for hydroxylation is 1. The van der Waals surface area contributed by atoms with E-state index in [2.05, 4.69) is 10.0 Å². The van der Waals surface area contributed by atoms with Gasteiger partial charge in [0.05, 0.1) is 4.90 Å². The van der Waals surface area contributed by atoms with Crippen LogP contribution in [0.2, 0.25) is 0 Å². The molecule has 29 heavy (non-hydrogen) atoms. The molecule has 3 aromatic carbocycles. The lowest BCUT2D eigenvalue weighted by Gasteiger charge is -2.08. The zero-order chi connectivity index (χ0) is 20.4. The molecule has 4 rings (SSSR count). The molecule has 1 aromatic heterocycles. The number of carbonyl (C=O) groups excluding carboxylic acids is 1. The molecule has 1 amide bonds. The highest BCUT2D eigenvalue weighted by atomic mass is 32.2. The maximum Gasteiger partial charge on any atom is 0.240 e. The summed E-state index contributed by atoms with van der Waals surface area (Å²) in [6, 6.07) is 19.8. The van der Waals surface area contributed by atoms with Crippen LogP contribution in [0, 0.1) is 6.92 Å². The highest BCUT2D eigenvalue weighted by molar-refractivity contribution is 7.89. The van der Waals surface area contributed by atoms with Crippen molar-refractivity contribution in [3.8, 4) is 0 Å². The molecule has 0 bridgehead atoms. The summed E-state index contributed by atoms with van der Waals surface area (Å²) in [7, 11) is -3.63. The van der Waals surface area contributed by atoms with Crippen molar-refractivity contribution < 1.29 is 17.6 Å². The van der Waals surface area contributed by atoms with E-state index < -0.39 is 10.0 Å². The second-order valence-corrected chi connectivity index (χ2v) is 8.59. The maximum atomic E-state index is 12.3. The van der Waals surface area contributed by atoms with E-state index in [9.17, 15) is 13.2 Å². The minimum atomic E-state index is -3.63. The van der Waals surface area contributed by atoms with Gasteiger partial charge in [0.15, 0.2) is 0 Å². The second kappa shape index (κ2) is 7.69.